The van der Waals surface area contributed by atoms with Gasteiger partial charge in [-0.1, -0.05) is 30.3 Å². The van der Waals surface area contributed by atoms with Crippen molar-refractivity contribution in [3.8, 4) is 22.3 Å². The third kappa shape index (κ3) is 3.21. The van der Waals surface area contributed by atoms with E-state index < -0.39 is 0 Å². The fourth-order valence-corrected chi connectivity index (χ4v) is 4.39. The molecule has 2 aromatic carbocycles. The van der Waals surface area contributed by atoms with E-state index in [2.05, 4.69) is 62.9 Å². The summed E-state index contributed by atoms with van der Waals surface area (Å²) in [6.07, 6.45) is 7.93. The zero-order chi connectivity index (χ0) is 20.6. The number of nitrogens with zero attached hydrogens (tertiary/aromatic N) is 4. The van der Waals surface area contributed by atoms with Gasteiger partial charge < -0.3 is 10.2 Å². The van der Waals surface area contributed by atoms with Crippen molar-refractivity contribution in [2.75, 3.05) is 31.1 Å². The molecule has 5 aromatic rings. The molecule has 0 aliphatic carbocycles. The molecule has 2 N–H and O–H groups in total. The van der Waals surface area contributed by atoms with Crippen LogP contribution in [0.15, 0.2) is 79.4 Å². The molecule has 0 saturated carbocycles. The molecule has 1 aliphatic rings. The minimum absolute atomic E-state index is 0.900. The Morgan fingerprint density at radius 1 is 0.839 bits per heavy atom. The van der Waals surface area contributed by atoms with E-state index in [1.165, 1.54) is 5.69 Å². The van der Waals surface area contributed by atoms with Crippen molar-refractivity contribution in [2.45, 2.75) is 0 Å². The molecule has 4 heterocycles. The van der Waals surface area contributed by atoms with Gasteiger partial charge in [-0.2, -0.15) is 0 Å². The summed E-state index contributed by atoms with van der Waals surface area (Å²) in [5, 5.41) is 7.87. The van der Waals surface area contributed by atoms with E-state index >= 15 is 0 Å². The molecule has 6 heteroatoms. The quantitative estimate of drug-likeness (QED) is 0.450. The van der Waals surface area contributed by atoms with Gasteiger partial charge in [-0.3, -0.25) is 4.98 Å². The summed E-state index contributed by atoms with van der Waals surface area (Å²) in [6, 6.07) is 19.0. The molecule has 0 radical (unpaired) electrons. The minimum atomic E-state index is 0.900. The third-order valence-electron chi connectivity index (χ3n) is 6.03. The lowest BCUT2D eigenvalue weighted by atomic mass is 10.0. The highest BCUT2D eigenvalue weighted by Gasteiger charge is 2.18. The van der Waals surface area contributed by atoms with E-state index in [0.29, 0.717) is 0 Å². The van der Waals surface area contributed by atoms with Crippen LogP contribution < -0.4 is 14.7 Å². The van der Waals surface area contributed by atoms with Crippen molar-refractivity contribution >= 4 is 22.2 Å². The van der Waals surface area contributed by atoms with Gasteiger partial charge in [0.15, 0.2) is 6.20 Å². The lowest BCUT2D eigenvalue weighted by Crippen LogP contribution is -2.43. The molecule has 0 amide bonds. The highest BCUT2D eigenvalue weighted by Crippen LogP contribution is 2.29. The number of hydrogen-bond donors (Lipinski definition) is 2. The monoisotopic (exact) mass is 407 g/mol. The van der Waals surface area contributed by atoms with E-state index in [0.717, 1.165) is 65.0 Å². The van der Waals surface area contributed by atoms with Crippen molar-refractivity contribution in [1.29, 1.82) is 0 Å². The highest BCUT2D eigenvalue weighted by atomic mass is 15.2. The number of fused-ring (bicyclic) bond motifs is 2. The molecule has 152 valence electrons. The summed E-state index contributed by atoms with van der Waals surface area (Å²) < 4.78 is 1.99. The fourth-order valence-electron chi connectivity index (χ4n) is 4.39. The molecule has 1 fully saturated rings. The Morgan fingerprint density at radius 2 is 1.68 bits per heavy atom. The SMILES string of the molecule is c1ccc2c(-c3c[nH][n+]4cc(-c5ccc(N6CCNCC6)cc5)cnc34)ccnc2c1. The van der Waals surface area contributed by atoms with Gasteiger partial charge >= 0.3 is 5.65 Å². The Morgan fingerprint density at radius 3 is 2.55 bits per heavy atom. The number of pyridine rings is 1. The number of piperazine rings is 1. The lowest BCUT2D eigenvalue weighted by Gasteiger charge is -2.29. The molecule has 1 aliphatic heterocycles. The second-order valence-electron chi connectivity index (χ2n) is 7.88. The predicted molar refractivity (Wildman–Crippen MR) is 123 cm³/mol. The van der Waals surface area contributed by atoms with Crippen LogP contribution in [0.1, 0.15) is 0 Å². The molecule has 6 nitrogen and oxygen atoms in total. The van der Waals surface area contributed by atoms with Crippen LogP contribution in [0.4, 0.5) is 5.69 Å². The maximum absolute atomic E-state index is 4.81. The Bertz CT molecular complexity index is 1360. The number of para-hydroxylation sites is 1. The second-order valence-corrected chi connectivity index (χ2v) is 7.88. The normalized spacial score (nSPS) is 14.4. The molecule has 3 aromatic heterocycles. The number of benzene rings is 2. The molecule has 0 spiro atoms. The first-order chi connectivity index (χ1) is 15.4. The van der Waals surface area contributed by atoms with Crippen LogP contribution in [-0.2, 0) is 0 Å². The molecule has 31 heavy (non-hydrogen) atoms. The number of hydrogen-bond acceptors (Lipinski definition) is 4. The van der Waals surface area contributed by atoms with Gasteiger partial charge in [-0.25, -0.2) is 5.10 Å². The van der Waals surface area contributed by atoms with Gasteiger partial charge in [0, 0.05) is 49.0 Å². The molecule has 0 unspecified atom stereocenters. The lowest BCUT2D eigenvalue weighted by molar-refractivity contribution is -0.578. The van der Waals surface area contributed by atoms with Gasteiger partial charge in [0.25, 0.3) is 0 Å². The number of aromatic nitrogens is 4. The molecular weight excluding hydrogens is 384 g/mol. The average molecular weight is 408 g/mol. The van der Waals surface area contributed by atoms with E-state index in [1.54, 1.807) is 0 Å². The Hall–Kier alpha value is -3.77. The van der Waals surface area contributed by atoms with E-state index in [-0.39, 0.29) is 0 Å². The average Bonchev–Trinajstić information content (AvgIpc) is 3.27. The minimum Gasteiger partial charge on any atom is -0.369 e. The maximum Gasteiger partial charge on any atom is 0.355 e. The van der Waals surface area contributed by atoms with Crippen LogP contribution in [0.2, 0.25) is 0 Å². The van der Waals surface area contributed by atoms with Gasteiger partial charge in [-0.15, -0.1) is 4.52 Å². The van der Waals surface area contributed by atoms with Crippen LogP contribution in [0.5, 0.6) is 0 Å². The number of anilines is 1. The summed E-state index contributed by atoms with van der Waals surface area (Å²) in [6.45, 7) is 4.19. The van der Waals surface area contributed by atoms with Crippen molar-refractivity contribution in [3.63, 3.8) is 0 Å². The van der Waals surface area contributed by atoms with Crippen molar-refractivity contribution < 1.29 is 4.52 Å². The maximum atomic E-state index is 4.81. The largest absolute Gasteiger partial charge is 0.369 e. The first-order valence-electron chi connectivity index (χ1n) is 10.7. The first-order valence-corrected chi connectivity index (χ1v) is 10.7. The van der Waals surface area contributed by atoms with Gasteiger partial charge in [0.05, 0.1) is 22.8 Å². The summed E-state index contributed by atoms with van der Waals surface area (Å²) in [5.74, 6) is 0. The van der Waals surface area contributed by atoms with E-state index in [9.17, 15) is 0 Å². The molecular formula is C25H23N6+. The number of nitrogens with one attached hydrogen (secondary N) is 2. The number of aromatic amines is 1. The second kappa shape index (κ2) is 7.49. The Balaban J connectivity index is 1.36. The Labute approximate surface area is 180 Å². The fraction of sp³-hybridized carbons (Fsp3) is 0.160. The highest BCUT2D eigenvalue weighted by molar-refractivity contribution is 5.96. The summed E-state index contributed by atoms with van der Waals surface area (Å²) in [5.41, 5.74) is 7.60. The van der Waals surface area contributed by atoms with Gasteiger partial charge in [-0.05, 0) is 34.8 Å². The van der Waals surface area contributed by atoms with Crippen LogP contribution in [0, 0.1) is 0 Å². The predicted octanol–water partition coefficient (Wildman–Crippen LogP) is 3.44. The Kier molecular flexibility index (Phi) is 4.35. The zero-order valence-corrected chi connectivity index (χ0v) is 17.1. The summed E-state index contributed by atoms with van der Waals surface area (Å²) in [4.78, 5) is 11.7. The van der Waals surface area contributed by atoms with E-state index in [1.807, 2.05) is 41.3 Å². The summed E-state index contributed by atoms with van der Waals surface area (Å²) >= 11 is 0. The molecule has 0 atom stereocenters. The van der Waals surface area contributed by atoms with E-state index in [4.69, 9.17) is 4.98 Å². The molecule has 0 bridgehead atoms. The summed E-state index contributed by atoms with van der Waals surface area (Å²) in [7, 11) is 0. The van der Waals surface area contributed by atoms with Crippen molar-refractivity contribution in [2.24, 2.45) is 0 Å². The van der Waals surface area contributed by atoms with Crippen LogP contribution in [-0.4, -0.2) is 41.2 Å². The first kappa shape index (κ1) is 18.0. The number of H-pyrrole nitrogens is 1. The van der Waals surface area contributed by atoms with Gasteiger partial charge in [0.2, 0.25) is 0 Å². The topological polar surface area (TPSA) is 60.9 Å². The molecule has 6 rings (SSSR count). The van der Waals surface area contributed by atoms with Crippen LogP contribution in [0.3, 0.4) is 0 Å². The molecule has 1 saturated heterocycles. The van der Waals surface area contributed by atoms with Crippen molar-refractivity contribution in [1.82, 2.24) is 20.4 Å². The van der Waals surface area contributed by atoms with Crippen molar-refractivity contribution in [3.05, 3.63) is 79.4 Å². The van der Waals surface area contributed by atoms with Crippen LogP contribution in [0.25, 0.3) is 38.8 Å². The zero-order valence-electron chi connectivity index (χ0n) is 17.1. The number of rotatable bonds is 3. The third-order valence-corrected chi connectivity index (χ3v) is 6.03. The van der Waals surface area contributed by atoms with Gasteiger partial charge in [0.1, 0.15) is 6.20 Å². The standard InChI is InChI=1S/C25H22N6/c1-2-4-24-22(3-1)21(9-10-27-24)23-16-29-31-17-19(15-28-25(23)31)18-5-7-20(8-6-18)30-13-11-26-12-14-30/h1-10,15-17,26H,11-14H2/p+1. The smallest absolute Gasteiger partial charge is 0.355 e. The van der Waals surface area contributed by atoms with Crippen LogP contribution >= 0.6 is 0 Å².